The highest BCUT2D eigenvalue weighted by atomic mass is 32.1. The van der Waals surface area contributed by atoms with Gasteiger partial charge in [0.05, 0.1) is 21.4 Å². The fourth-order valence-corrected chi connectivity index (χ4v) is 4.33. The van der Waals surface area contributed by atoms with Crippen LogP contribution < -0.4 is 4.78 Å². The van der Waals surface area contributed by atoms with Crippen molar-refractivity contribution in [2.24, 2.45) is 11.3 Å². The highest BCUT2D eigenvalue weighted by molar-refractivity contribution is 7.23. The number of aliphatic carboxylic acids is 1. The lowest BCUT2D eigenvalue weighted by Crippen LogP contribution is -2.41. The Morgan fingerprint density at radius 2 is 1.84 bits per heavy atom. The number of carboxylic acid groups (broad SMARTS) is 1. The standard InChI is InChI=1S/C17H24BNO5S/c1-15(2)16(3,4)24-18(23-15)11-9-19-13(25-11)12(20)10-7-6-8-17(10,5)14(21)22/h9-10H,6-8H2,1-5H3,(H,21,22). The Kier molecular flexibility index (Phi) is 4.37. The van der Waals surface area contributed by atoms with E-state index in [2.05, 4.69) is 4.98 Å². The molecule has 136 valence electrons. The van der Waals surface area contributed by atoms with Gasteiger partial charge in [-0.25, -0.2) is 4.98 Å². The molecule has 2 atom stereocenters. The third-order valence-corrected chi connectivity index (χ3v) is 7.02. The topological polar surface area (TPSA) is 85.7 Å². The van der Waals surface area contributed by atoms with Crippen LogP contribution in [0, 0.1) is 11.3 Å². The summed E-state index contributed by atoms with van der Waals surface area (Å²) < 4.78 is 12.7. The Bertz CT molecular complexity index is 700. The normalized spacial score (nSPS) is 30.6. The predicted molar refractivity (Wildman–Crippen MR) is 95.2 cm³/mol. The smallest absolute Gasteiger partial charge is 0.481 e. The molecule has 0 bridgehead atoms. The molecule has 1 aromatic rings. The molecule has 6 nitrogen and oxygen atoms in total. The number of Topliss-reactive ketones (excluding diaryl/α,β-unsaturated/α-hetero) is 1. The summed E-state index contributed by atoms with van der Waals surface area (Å²) in [6.45, 7) is 9.54. The van der Waals surface area contributed by atoms with Gasteiger partial charge in [0, 0.05) is 12.1 Å². The van der Waals surface area contributed by atoms with Crippen LogP contribution in [-0.4, -0.2) is 40.2 Å². The second-order valence-corrected chi connectivity index (χ2v) is 9.25. The minimum atomic E-state index is -1.01. The van der Waals surface area contributed by atoms with E-state index in [0.29, 0.717) is 17.8 Å². The molecule has 1 aliphatic carbocycles. The monoisotopic (exact) mass is 365 g/mol. The third-order valence-electron chi connectivity index (χ3n) is 5.98. The molecule has 2 unspecified atom stereocenters. The number of rotatable bonds is 4. The van der Waals surface area contributed by atoms with Gasteiger partial charge in [0.15, 0.2) is 10.8 Å². The van der Waals surface area contributed by atoms with Crippen LogP contribution >= 0.6 is 11.3 Å². The maximum absolute atomic E-state index is 12.9. The van der Waals surface area contributed by atoms with Gasteiger partial charge in [-0.2, -0.15) is 0 Å². The zero-order chi connectivity index (χ0) is 18.6. The molecule has 1 saturated carbocycles. The summed E-state index contributed by atoms with van der Waals surface area (Å²) >= 11 is 1.24. The molecule has 0 spiro atoms. The van der Waals surface area contributed by atoms with Crippen molar-refractivity contribution < 1.29 is 24.0 Å². The molecule has 1 aromatic heterocycles. The van der Waals surface area contributed by atoms with E-state index in [0.717, 1.165) is 11.2 Å². The highest BCUT2D eigenvalue weighted by Gasteiger charge is 2.53. The molecule has 25 heavy (non-hydrogen) atoms. The number of nitrogens with zero attached hydrogens (tertiary/aromatic N) is 1. The first kappa shape index (κ1) is 18.5. The molecule has 8 heteroatoms. The van der Waals surface area contributed by atoms with Crippen LogP contribution in [0.25, 0.3) is 0 Å². The van der Waals surface area contributed by atoms with Gasteiger partial charge in [0.25, 0.3) is 0 Å². The van der Waals surface area contributed by atoms with Crippen LogP contribution in [0.3, 0.4) is 0 Å². The van der Waals surface area contributed by atoms with Gasteiger partial charge in [-0.1, -0.05) is 6.42 Å². The van der Waals surface area contributed by atoms with Gasteiger partial charge in [-0.05, 0) is 47.5 Å². The molecule has 2 fully saturated rings. The number of hydrogen-bond donors (Lipinski definition) is 1. The van der Waals surface area contributed by atoms with E-state index < -0.39 is 35.6 Å². The maximum Gasteiger partial charge on any atom is 0.507 e. The van der Waals surface area contributed by atoms with Crippen molar-refractivity contribution in [3.63, 3.8) is 0 Å². The summed E-state index contributed by atoms with van der Waals surface area (Å²) in [7, 11) is -0.557. The Morgan fingerprint density at radius 1 is 1.24 bits per heavy atom. The fraction of sp³-hybridized carbons (Fsp3) is 0.706. The average molecular weight is 365 g/mol. The van der Waals surface area contributed by atoms with Crippen LogP contribution in [-0.2, 0) is 14.1 Å². The van der Waals surface area contributed by atoms with Gasteiger partial charge < -0.3 is 14.4 Å². The van der Waals surface area contributed by atoms with E-state index in [4.69, 9.17) is 9.31 Å². The van der Waals surface area contributed by atoms with Crippen molar-refractivity contribution in [3.05, 3.63) is 11.2 Å². The van der Waals surface area contributed by atoms with Crippen molar-refractivity contribution in [2.75, 3.05) is 0 Å². The van der Waals surface area contributed by atoms with E-state index >= 15 is 0 Å². The molecular weight excluding hydrogens is 341 g/mol. The van der Waals surface area contributed by atoms with Gasteiger partial charge in [0.1, 0.15) is 0 Å². The van der Waals surface area contributed by atoms with Crippen molar-refractivity contribution in [3.8, 4) is 0 Å². The summed E-state index contributed by atoms with van der Waals surface area (Å²) in [5.74, 6) is -1.62. The zero-order valence-electron chi connectivity index (χ0n) is 15.3. The molecule has 2 heterocycles. The first-order valence-electron chi connectivity index (χ1n) is 8.57. The van der Waals surface area contributed by atoms with E-state index in [-0.39, 0.29) is 5.78 Å². The summed E-state index contributed by atoms with van der Waals surface area (Å²) in [5.41, 5.74) is -1.93. The van der Waals surface area contributed by atoms with Crippen LogP contribution in [0.5, 0.6) is 0 Å². The molecule has 1 aliphatic heterocycles. The maximum atomic E-state index is 12.9. The number of carbonyl (C=O) groups is 2. The summed E-state index contributed by atoms with van der Waals surface area (Å²) in [6, 6.07) is 0. The number of carboxylic acids is 1. The Labute approximate surface area is 152 Å². The quantitative estimate of drug-likeness (QED) is 0.652. The van der Waals surface area contributed by atoms with Crippen molar-refractivity contribution in [1.82, 2.24) is 4.98 Å². The van der Waals surface area contributed by atoms with Crippen molar-refractivity contribution >= 4 is 35.0 Å². The van der Waals surface area contributed by atoms with Gasteiger partial charge in [-0.15, -0.1) is 11.3 Å². The van der Waals surface area contributed by atoms with Gasteiger partial charge in [-0.3, -0.25) is 9.59 Å². The van der Waals surface area contributed by atoms with E-state index in [9.17, 15) is 14.7 Å². The Morgan fingerprint density at radius 3 is 2.40 bits per heavy atom. The molecule has 1 N–H and O–H groups in total. The fourth-order valence-electron chi connectivity index (χ4n) is 3.46. The van der Waals surface area contributed by atoms with Crippen LogP contribution in [0.4, 0.5) is 0 Å². The van der Waals surface area contributed by atoms with Crippen LogP contribution in [0.1, 0.15) is 63.7 Å². The summed E-state index contributed by atoms with van der Waals surface area (Å²) in [6.07, 6.45) is 3.46. The van der Waals surface area contributed by atoms with E-state index in [1.807, 2.05) is 27.7 Å². The number of thiazole rings is 1. The molecule has 3 rings (SSSR count). The molecular formula is C17H24BNO5S. The Balaban J connectivity index is 1.81. The van der Waals surface area contributed by atoms with Gasteiger partial charge in [0.2, 0.25) is 0 Å². The molecule has 0 radical (unpaired) electrons. The lowest BCUT2D eigenvalue weighted by atomic mass is 9.77. The molecule has 2 aliphatic rings. The van der Waals surface area contributed by atoms with E-state index in [1.54, 1.807) is 13.1 Å². The zero-order valence-corrected chi connectivity index (χ0v) is 16.1. The van der Waals surface area contributed by atoms with Crippen LogP contribution in [0.15, 0.2) is 6.20 Å². The first-order chi connectivity index (χ1) is 11.5. The van der Waals surface area contributed by atoms with Crippen molar-refractivity contribution in [1.29, 1.82) is 0 Å². The van der Waals surface area contributed by atoms with Crippen molar-refractivity contribution in [2.45, 2.75) is 65.1 Å². The minimum Gasteiger partial charge on any atom is -0.481 e. The Hall–Kier alpha value is -1.25. The largest absolute Gasteiger partial charge is 0.507 e. The van der Waals surface area contributed by atoms with E-state index in [1.165, 1.54) is 11.3 Å². The lowest BCUT2D eigenvalue weighted by Gasteiger charge is -2.32. The second kappa shape index (κ2) is 5.89. The lowest BCUT2D eigenvalue weighted by molar-refractivity contribution is -0.149. The molecule has 0 aromatic carbocycles. The number of ketones is 1. The number of aromatic nitrogens is 1. The SMILES string of the molecule is CC1(C(=O)O)CCCC1C(=O)c1ncc(B2OC(C)(C)C(C)(C)O2)s1. The van der Waals surface area contributed by atoms with Crippen LogP contribution in [0.2, 0.25) is 0 Å². The highest BCUT2D eigenvalue weighted by Crippen LogP contribution is 2.45. The first-order valence-corrected chi connectivity index (χ1v) is 9.38. The molecule has 1 saturated heterocycles. The number of carbonyl (C=O) groups excluding carboxylic acids is 1. The second-order valence-electron chi connectivity index (χ2n) is 8.19. The summed E-state index contributed by atoms with van der Waals surface area (Å²) in [5, 5.41) is 9.86. The summed E-state index contributed by atoms with van der Waals surface area (Å²) in [4.78, 5) is 28.7. The number of hydrogen-bond acceptors (Lipinski definition) is 6. The molecule has 0 amide bonds. The third kappa shape index (κ3) is 2.94. The average Bonchev–Trinajstić information content (AvgIpc) is 3.16. The van der Waals surface area contributed by atoms with Gasteiger partial charge >= 0.3 is 13.1 Å². The predicted octanol–water partition coefficient (Wildman–Crippen LogP) is 2.52. The minimum absolute atomic E-state index is 0.185.